The van der Waals surface area contributed by atoms with Gasteiger partial charge in [-0.15, -0.1) is 0 Å². The first-order valence-electron chi connectivity index (χ1n) is 12.8. The molecule has 0 unspecified atom stereocenters. The van der Waals surface area contributed by atoms with Crippen LogP contribution in [0.15, 0.2) is 72.8 Å². The van der Waals surface area contributed by atoms with Crippen LogP contribution in [-0.2, 0) is 0 Å². The van der Waals surface area contributed by atoms with Gasteiger partial charge in [0.25, 0.3) is 0 Å². The number of carbonyl (C=O) groups is 1. The zero-order valence-corrected chi connectivity index (χ0v) is 21.1. The molecule has 2 amide bonds. The Bertz CT molecular complexity index is 1180. The van der Waals surface area contributed by atoms with E-state index in [4.69, 9.17) is 4.74 Å². The van der Waals surface area contributed by atoms with Gasteiger partial charge in [-0.1, -0.05) is 48.5 Å². The lowest BCUT2D eigenvalue weighted by molar-refractivity contribution is -0.0585. The van der Waals surface area contributed by atoms with Gasteiger partial charge in [0, 0.05) is 36.8 Å². The van der Waals surface area contributed by atoms with Crippen molar-refractivity contribution >= 4 is 11.7 Å². The Morgan fingerprint density at radius 1 is 1.00 bits per heavy atom. The average Bonchev–Trinajstić information content (AvgIpc) is 2.89. The summed E-state index contributed by atoms with van der Waals surface area (Å²) in [4.78, 5) is 17.5. The molecule has 2 saturated heterocycles. The number of aryl methyl sites for hydroxylation is 1. The Morgan fingerprint density at radius 3 is 2.42 bits per heavy atom. The SMILES string of the molecule is COc1ccc(NC(=O)N2CCCCN3[C@H](CO)[C@H](c4ccc(-c5ccccc5C)cc4)[C@@H]3C2)cc1. The van der Waals surface area contributed by atoms with Crippen LogP contribution in [0.25, 0.3) is 11.1 Å². The number of anilines is 1. The summed E-state index contributed by atoms with van der Waals surface area (Å²) < 4.78 is 5.22. The van der Waals surface area contributed by atoms with Gasteiger partial charge in [0.1, 0.15) is 5.75 Å². The molecule has 36 heavy (non-hydrogen) atoms. The number of ether oxygens (including phenoxy) is 1. The predicted molar refractivity (Wildman–Crippen MR) is 144 cm³/mol. The Morgan fingerprint density at radius 2 is 1.72 bits per heavy atom. The summed E-state index contributed by atoms with van der Waals surface area (Å²) in [5.41, 5.74) is 5.68. The molecule has 3 aromatic rings. The number of rotatable bonds is 5. The summed E-state index contributed by atoms with van der Waals surface area (Å²) in [6.45, 7) is 4.59. The molecule has 6 heteroatoms. The fourth-order valence-electron chi connectivity index (χ4n) is 5.78. The second-order valence-electron chi connectivity index (χ2n) is 9.83. The van der Waals surface area contributed by atoms with E-state index in [-0.39, 0.29) is 30.6 Å². The van der Waals surface area contributed by atoms with E-state index in [0.717, 1.165) is 37.4 Å². The molecular weight excluding hydrogens is 450 g/mol. The molecule has 0 saturated carbocycles. The summed E-state index contributed by atoms with van der Waals surface area (Å²) in [7, 11) is 1.63. The van der Waals surface area contributed by atoms with Crippen LogP contribution in [0.4, 0.5) is 10.5 Å². The molecule has 0 aromatic heterocycles. The van der Waals surface area contributed by atoms with E-state index in [1.54, 1.807) is 7.11 Å². The molecule has 5 rings (SSSR count). The van der Waals surface area contributed by atoms with Crippen molar-refractivity contribution in [3.05, 3.63) is 83.9 Å². The maximum absolute atomic E-state index is 13.2. The number of methoxy groups -OCH3 is 1. The quantitative estimate of drug-likeness (QED) is 0.526. The lowest BCUT2D eigenvalue weighted by atomic mass is 9.74. The van der Waals surface area contributed by atoms with Crippen molar-refractivity contribution in [2.75, 3.05) is 38.7 Å². The molecule has 2 fully saturated rings. The zero-order chi connectivity index (χ0) is 25.1. The van der Waals surface area contributed by atoms with Gasteiger partial charge in [-0.3, -0.25) is 4.90 Å². The normalized spacial score (nSPS) is 22.1. The van der Waals surface area contributed by atoms with Gasteiger partial charge in [-0.05, 0) is 72.8 Å². The van der Waals surface area contributed by atoms with Crippen LogP contribution in [-0.4, -0.2) is 66.4 Å². The second kappa shape index (κ2) is 10.7. The highest BCUT2D eigenvalue weighted by Crippen LogP contribution is 2.42. The largest absolute Gasteiger partial charge is 0.497 e. The van der Waals surface area contributed by atoms with Crippen LogP contribution < -0.4 is 10.1 Å². The number of amides is 2. The van der Waals surface area contributed by atoms with Crippen LogP contribution in [0.2, 0.25) is 0 Å². The van der Waals surface area contributed by atoms with Gasteiger partial charge in [0.2, 0.25) is 0 Å². The van der Waals surface area contributed by atoms with Crippen molar-refractivity contribution in [3.8, 4) is 16.9 Å². The first-order valence-corrected chi connectivity index (χ1v) is 12.8. The number of benzene rings is 3. The van der Waals surface area contributed by atoms with E-state index in [0.29, 0.717) is 6.54 Å². The van der Waals surface area contributed by atoms with E-state index in [9.17, 15) is 9.90 Å². The minimum Gasteiger partial charge on any atom is -0.497 e. The molecule has 2 aliphatic heterocycles. The number of hydrogen-bond acceptors (Lipinski definition) is 4. The van der Waals surface area contributed by atoms with Crippen LogP contribution in [0.3, 0.4) is 0 Å². The fraction of sp³-hybridized carbons (Fsp3) is 0.367. The molecule has 0 bridgehead atoms. The predicted octanol–water partition coefficient (Wildman–Crippen LogP) is 5.13. The first kappa shape index (κ1) is 24.3. The summed E-state index contributed by atoms with van der Waals surface area (Å²) in [5, 5.41) is 13.3. The molecule has 3 aromatic carbocycles. The van der Waals surface area contributed by atoms with Crippen molar-refractivity contribution in [2.45, 2.75) is 37.8 Å². The van der Waals surface area contributed by atoms with Gasteiger partial charge in [-0.2, -0.15) is 0 Å². The van der Waals surface area contributed by atoms with Gasteiger partial charge < -0.3 is 20.1 Å². The Balaban J connectivity index is 1.33. The molecule has 2 N–H and O–H groups in total. The summed E-state index contributed by atoms with van der Waals surface area (Å²) >= 11 is 0. The molecule has 0 radical (unpaired) electrons. The van der Waals surface area contributed by atoms with Gasteiger partial charge in [-0.25, -0.2) is 4.79 Å². The number of aliphatic hydroxyl groups is 1. The molecule has 2 heterocycles. The lowest BCUT2D eigenvalue weighted by Gasteiger charge is -2.57. The Kier molecular flexibility index (Phi) is 7.25. The Hall–Kier alpha value is -3.35. The van der Waals surface area contributed by atoms with E-state index in [1.807, 2.05) is 29.2 Å². The minimum atomic E-state index is -0.0804. The third-order valence-electron chi connectivity index (χ3n) is 7.75. The summed E-state index contributed by atoms with van der Waals surface area (Å²) in [5.74, 6) is 0.950. The van der Waals surface area contributed by atoms with Crippen LogP contribution in [0.1, 0.15) is 29.9 Å². The number of nitrogens with one attached hydrogen (secondary N) is 1. The third kappa shape index (κ3) is 4.84. The monoisotopic (exact) mass is 485 g/mol. The maximum Gasteiger partial charge on any atom is 0.321 e. The standard InChI is InChI=1S/C30H35N3O3/c1-21-7-3-4-8-26(21)22-9-11-23(12-10-22)29-27-19-32(17-5-6-18-33(27)28(29)20-34)30(35)31-24-13-15-25(36-2)16-14-24/h3-4,7-16,27-29,34H,5-6,17-20H2,1-2H3,(H,31,35)/t27-,28+,29+/m0/s1. The number of aliphatic hydroxyl groups excluding tert-OH is 1. The highest BCUT2D eigenvalue weighted by atomic mass is 16.5. The van der Waals surface area contributed by atoms with E-state index < -0.39 is 0 Å². The van der Waals surface area contributed by atoms with Crippen molar-refractivity contribution in [3.63, 3.8) is 0 Å². The summed E-state index contributed by atoms with van der Waals surface area (Å²) in [6, 6.07) is 24.8. The van der Waals surface area contributed by atoms with Crippen LogP contribution in [0.5, 0.6) is 5.75 Å². The fourth-order valence-corrected chi connectivity index (χ4v) is 5.78. The molecule has 188 valence electrons. The lowest BCUT2D eigenvalue weighted by Crippen LogP contribution is -2.68. The van der Waals surface area contributed by atoms with E-state index in [1.165, 1.54) is 22.3 Å². The average molecular weight is 486 g/mol. The molecule has 2 aliphatic rings. The molecule has 0 aliphatic carbocycles. The molecule has 3 atom stereocenters. The minimum absolute atomic E-state index is 0.0804. The Labute approximate surface area is 213 Å². The van der Waals surface area contributed by atoms with Crippen molar-refractivity contribution in [1.82, 2.24) is 9.80 Å². The van der Waals surface area contributed by atoms with E-state index >= 15 is 0 Å². The third-order valence-corrected chi connectivity index (χ3v) is 7.75. The van der Waals surface area contributed by atoms with Crippen LogP contribution >= 0.6 is 0 Å². The highest BCUT2D eigenvalue weighted by molar-refractivity contribution is 5.89. The van der Waals surface area contributed by atoms with Crippen molar-refractivity contribution < 1.29 is 14.6 Å². The van der Waals surface area contributed by atoms with Gasteiger partial charge in [0.15, 0.2) is 0 Å². The molecule has 0 spiro atoms. The number of fused-ring (bicyclic) bond motifs is 1. The number of urea groups is 1. The van der Waals surface area contributed by atoms with E-state index in [2.05, 4.69) is 65.7 Å². The first-order chi connectivity index (χ1) is 17.6. The smallest absolute Gasteiger partial charge is 0.321 e. The summed E-state index contributed by atoms with van der Waals surface area (Å²) in [6.07, 6.45) is 1.96. The number of hydrogen-bond donors (Lipinski definition) is 2. The highest BCUT2D eigenvalue weighted by Gasteiger charge is 2.49. The van der Waals surface area contributed by atoms with Gasteiger partial charge in [0.05, 0.1) is 13.7 Å². The maximum atomic E-state index is 13.2. The zero-order valence-electron chi connectivity index (χ0n) is 21.1. The number of carbonyl (C=O) groups excluding carboxylic acids is 1. The van der Waals surface area contributed by atoms with Gasteiger partial charge >= 0.3 is 6.03 Å². The second-order valence-corrected chi connectivity index (χ2v) is 9.83. The molecule has 6 nitrogen and oxygen atoms in total. The van der Waals surface area contributed by atoms with Crippen molar-refractivity contribution in [1.29, 1.82) is 0 Å². The van der Waals surface area contributed by atoms with Crippen LogP contribution in [0, 0.1) is 6.92 Å². The molecular formula is C30H35N3O3. The van der Waals surface area contributed by atoms with Crippen molar-refractivity contribution in [2.24, 2.45) is 0 Å². The topological polar surface area (TPSA) is 65.0 Å². The number of nitrogens with zero attached hydrogens (tertiary/aromatic N) is 2.